The van der Waals surface area contributed by atoms with Crippen molar-refractivity contribution in [2.75, 3.05) is 26.7 Å². The van der Waals surface area contributed by atoms with E-state index in [9.17, 15) is 4.79 Å². The molecule has 3 nitrogen and oxygen atoms in total. The first-order valence-electron chi connectivity index (χ1n) is 5.28. The van der Waals surface area contributed by atoms with Crippen LogP contribution in [0.25, 0.3) is 0 Å². The Bertz CT molecular complexity index is 199. The minimum absolute atomic E-state index is 0.193. The van der Waals surface area contributed by atoms with Gasteiger partial charge in [-0.25, -0.2) is 0 Å². The Hall–Kier alpha value is -0.570. The maximum absolute atomic E-state index is 11.9. The SMILES string of the molecule is CN1CCC[C@H]1C(=O)N1CCCC1. The van der Waals surface area contributed by atoms with E-state index in [2.05, 4.69) is 11.9 Å². The van der Waals surface area contributed by atoms with Crippen molar-refractivity contribution >= 4 is 5.91 Å². The van der Waals surface area contributed by atoms with Crippen LogP contribution >= 0.6 is 0 Å². The molecule has 0 radical (unpaired) electrons. The van der Waals surface area contributed by atoms with Gasteiger partial charge in [0.15, 0.2) is 0 Å². The average molecular weight is 182 g/mol. The number of nitrogens with zero attached hydrogens (tertiary/aromatic N) is 2. The molecule has 2 saturated heterocycles. The van der Waals surface area contributed by atoms with E-state index in [1.54, 1.807) is 0 Å². The van der Waals surface area contributed by atoms with E-state index >= 15 is 0 Å². The van der Waals surface area contributed by atoms with Gasteiger partial charge in [-0.1, -0.05) is 0 Å². The molecule has 0 aromatic heterocycles. The van der Waals surface area contributed by atoms with Gasteiger partial charge < -0.3 is 4.90 Å². The lowest BCUT2D eigenvalue weighted by Gasteiger charge is -2.24. The summed E-state index contributed by atoms with van der Waals surface area (Å²) in [6.45, 7) is 3.07. The number of carbonyl (C=O) groups excluding carboxylic acids is 1. The summed E-state index contributed by atoms with van der Waals surface area (Å²) in [6, 6.07) is 0.193. The van der Waals surface area contributed by atoms with Crippen molar-refractivity contribution in [2.45, 2.75) is 31.7 Å². The fourth-order valence-electron chi connectivity index (χ4n) is 2.37. The van der Waals surface area contributed by atoms with E-state index in [1.165, 1.54) is 19.3 Å². The van der Waals surface area contributed by atoms with Crippen molar-refractivity contribution in [1.82, 2.24) is 9.80 Å². The lowest BCUT2D eigenvalue weighted by atomic mass is 10.2. The molecule has 1 amide bonds. The minimum atomic E-state index is 0.193. The maximum Gasteiger partial charge on any atom is 0.239 e. The fraction of sp³-hybridized carbons (Fsp3) is 0.900. The van der Waals surface area contributed by atoms with Gasteiger partial charge in [0.1, 0.15) is 0 Å². The molecule has 0 unspecified atom stereocenters. The molecule has 1 atom stereocenters. The lowest BCUT2D eigenvalue weighted by Crippen LogP contribution is -2.42. The first-order valence-corrected chi connectivity index (χ1v) is 5.28. The van der Waals surface area contributed by atoms with Gasteiger partial charge in [-0.05, 0) is 39.3 Å². The highest BCUT2D eigenvalue weighted by molar-refractivity contribution is 5.82. The second-order valence-corrected chi connectivity index (χ2v) is 4.17. The van der Waals surface area contributed by atoms with Crippen LogP contribution in [-0.4, -0.2) is 48.4 Å². The predicted octanol–water partition coefficient (Wildman–Crippen LogP) is 0.703. The number of carbonyl (C=O) groups is 1. The molecule has 2 rings (SSSR count). The molecule has 0 saturated carbocycles. The second kappa shape index (κ2) is 3.66. The standard InChI is InChI=1S/C10H18N2O/c1-11-6-4-5-9(11)10(13)12-7-2-3-8-12/h9H,2-8H2,1H3/t9-/m0/s1. The van der Waals surface area contributed by atoms with Crippen LogP contribution in [0.5, 0.6) is 0 Å². The number of rotatable bonds is 1. The van der Waals surface area contributed by atoms with Gasteiger partial charge in [0.25, 0.3) is 0 Å². The summed E-state index contributed by atoms with van der Waals surface area (Å²) in [5.41, 5.74) is 0. The van der Waals surface area contributed by atoms with Crippen LogP contribution in [0.1, 0.15) is 25.7 Å². The number of hydrogen-bond donors (Lipinski definition) is 0. The van der Waals surface area contributed by atoms with Crippen LogP contribution in [0.15, 0.2) is 0 Å². The zero-order valence-corrected chi connectivity index (χ0v) is 8.33. The minimum Gasteiger partial charge on any atom is -0.341 e. The topological polar surface area (TPSA) is 23.6 Å². The Labute approximate surface area is 79.7 Å². The van der Waals surface area contributed by atoms with Crippen LogP contribution in [0.3, 0.4) is 0 Å². The number of likely N-dealkylation sites (N-methyl/N-ethyl adjacent to an activating group) is 1. The molecule has 0 aromatic rings. The molecule has 74 valence electrons. The van der Waals surface area contributed by atoms with Crippen molar-refractivity contribution in [3.63, 3.8) is 0 Å². The number of likely N-dealkylation sites (tertiary alicyclic amines) is 2. The smallest absolute Gasteiger partial charge is 0.239 e. The monoisotopic (exact) mass is 182 g/mol. The van der Waals surface area contributed by atoms with Gasteiger partial charge in [-0.15, -0.1) is 0 Å². The first kappa shape index (κ1) is 9.00. The number of hydrogen-bond acceptors (Lipinski definition) is 2. The molecule has 0 aliphatic carbocycles. The average Bonchev–Trinajstić information content (AvgIpc) is 2.72. The van der Waals surface area contributed by atoms with E-state index in [0.29, 0.717) is 5.91 Å². The summed E-state index contributed by atoms with van der Waals surface area (Å²) in [5, 5.41) is 0. The van der Waals surface area contributed by atoms with Crippen molar-refractivity contribution in [1.29, 1.82) is 0 Å². The fourth-order valence-corrected chi connectivity index (χ4v) is 2.37. The first-order chi connectivity index (χ1) is 6.29. The van der Waals surface area contributed by atoms with Crippen LogP contribution < -0.4 is 0 Å². The third kappa shape index (κ3) is 1.70. The molecular weight excluding hydrogens is 164 g/mol. The highest BCUT2D eigenvalue weighted by Gasteiger charge is 2.32. The van der Waals surface area contributed by atoms with Gasteiger partial charge >= 0.3 is 0 Å². The highest BCUT2D eigenvalue weighted by Crippen LogP contribution is 2.19. The van der Waals surface area contributed by atoms with Crippen molar-refractivity contribution < 1.29 is 4.79 Å². The number of amides is 1. The van der Waals surface area contributed by atoms with Crippen molar-refractivity contribution in [3.8, 4) is 0 Å². The summed E-state index contributed by atoms with van der Waals surface area (Å²) < 4.78 is 0. The molecule has 2 fully saturated rings. The lowest BCUT2D eigenvalue weighted by molar-refractivity contribution is -0.134. The van der Waals surface area contributed by atoms with E-state index < -0.39 is 0 Å². The van der Waals surface area contributed by atoms with Crippen LogP contribution in [0.4, 0.5) is 0 Å². The Morgan fingerprint density at radius 2 is 1.85 bits per heavy atom. The molecule has 13 heavy (non-hydrogen) atoms. The van der Waals surface area contributed by atoms with E-state index in [4.69, 9.17) is 0 Å². The molecular formula is C10H18N2O. The molecule has 2 heterocycles. The molecule has 2 aliphatic heterocycles. The van der Waals surface area contributed by atoms with Crippen LogP contribution in [0, 0.1) is 0 Å². The molecule has 2 aliphatic rings. The third-order valence-corrected chi connectivity index (χ3v) is 3.22. The highest BCUT2D eigenvalue weighted by atomic mass is 16.2. The zero-order chi connectivity index (χ0) is 9.26. The largest absolute Gasteiger partial charge is 0.341 e. The van der Waals surface area contributed by atoms with Gasteiger partial charge in [-0.3, -0.25) is 9.69 Å². The Balaban J connectivity index is 1.95. The van der Waals surface area contributed by atoms with Crippen molar-refractivity contribution in [2.24, 2.45) is 0 Å². The van der Waals surface area contributed by atoms with Gasteiger partial charge in [0.05, 0.1) is 6.04 Å². The normalized spacial score (nSPS) is 29.9. The maximum atomic E-state index is 11.9. The van der Waals surface area contributed by atoms with E-state index in [1.807, 2.05) is 4.90 Å². The second-order valence-electron chi connectivity index (χ2n) is 4.17. The Morgan fingerprint density at radius 3 is 2.38 bits per heavy atom. The summed E-state index contributed by atoms with van der Waals surface area (Å²) >= 11 is 0. The van der Waals surface area contributed by atoms with Gasteiger partial charge in [-0.2, -0.15) is 0 Å². The molecule has 0 N–H and O–H groups in total. The summed E-state index contributed by atoms with van der Waals surface area (Å²) in [7, 11) is 2.06. The summed E-state index contributed by atoms with van der Waals surface area (Å²) in [5.74, 6) is 0.373. The predicted molar refractivity (Wildman–Crippen MR) is 51.5 cm³/mol. The quantitative estimate of drug-likeness (QED) is 0.596. The summed E-state index contributed by atoms with van der Waals surface area (Å²) in [4.78, 5) is 16.2. The van der Waals surface area contributed by atoms with E-state index in [0.717, 1.165) is 26.1 Å². The third-order valence-electron chi connectivity index (χ3n) is 3.22. The summed E-state index contributed by atoms with van der Waals surface area (Å²) in [6.07, 6.45) is 4.64. The van der Waals surface area contributed by atoms with Crippen LogP contribution in [-0.2, 0) is 4.79 Å². The van der Waals surface area contributed by atoms with E-state index in [-0.39, 0.29) is 6.04 Å². The zero-order valence-electron chi connectivity index (χ0n) is 8.33. The molecule has 0 spiro atoms. The van der Waals surface area contributed by atoms with Gasteiger partial charge in [0.2, 0.25) is 5.91 Å². The molecule has 0 bridgehead atoms. The molecule has 0 aromatic carbocycles. The van der Waals surface area contributed by atoms with Crippen LogP contribution in [0.2, 0.25) is 0 Å². The van der Waals surface area contributed by atoms with Gasteiger partial charge in [0, 0.05) is 13.1 Å². The Morgan fingerprint density at radius 1 is 1.15 bits per heavy atom. The van der Waals surface area contributed by atoms with Crippen molar-refractivity contribution in [3.05, 3.63) is 0 Å². The Kier molecular flexibility index (Phi) is 2.54. The molecule has 3 heteroatoms.